The Morgan fingerprint density at radius 3 is 2.38 bits per heavy atom. The number of aliphatic hydroxyl groups excluding tert-OH is 1. The Kier molecular flexibility index (Phi) is 6.35. The molecule has 1 unspecified atom stereocenters. The van der Waals surface area contributed by atoms with Gasteiger partial charge in [0.15, 0.2) is 6.10 Å². The van der Waals surface area contributed by atoms with E-state index in [4.69, 9.17) is 5.11 Å². The van der Waals surface area contributed by atoms with E-state index in [-0.39, 0.29) is 12.5 Å². The molecule has 0 heterocycles. The Morgan fingerprint density at radius 2 is 1.94 bits per heavy atom. The molecule has 0 spiro atoms. The third-order valence-corrected chi connectivity index (χ3v) is 1.78. The molecule has 0 aromatic heterocycles. The number of amides is 1. The van der Waals surface area contributed by atoms with E-state index < -0.39 is 24.7 Å². The smallest absolute Gasteiger partial charge is 0.382 e. The van der Waals surface area contributed by atoms with Crippen molar-refractivity contribution in [3.63, 3.8) is 0 Å². The Bertz CT molecular complexity index is 219. The fourth-order valence-corrected chi connectivity index (χ4v) is 0.889. The van der Waals surface area contributed by atoms with E-state index in [1.165, 1.54) is 0 Å². The van der Waals surface area contributed by atoms with Crippen molar-refractivity contribution in [2.45, 2.75) is 38.6 Å². The van der Waals surface area contributed by atoms with Crippen LogP contribution in [0, 0.1) is 0 Å². The molecule has 0 saturated heterocycles. The highest BCUT2D eigenvalue weighted by Crippen LogP contribution is 2.19. The summed E-state index contributed by atoms with van der Waals surface area (Å²) in [5.41, 5.74) is 0. The SMILES string of the molecule is CC(C)NCCC(=O)NCC(O)C(F)(F)F. The molecule has 0 aliphatic heterocycles. The van der Waals surface area contributed by atoms with Gasteiger partial charge in [0.1, 0.15) is 0 Å². The van der Waals surface area contributed by atoms with Gasteiger partial charge in [0, 0.05) is 19.0 Å². The van der Waals surface area contributed by atoms with Crippen LogP contribution < -0.4 is 10.6 Å². The molecule has 0 saturated carbocycles. The second-order valence-electron chi connectivity index (χ2n) is 3.72. The predicted molar refractivity (Wildman–Crippen MR) is 52.8 cm³/mol. The summed E-state index contributed by atoms with van der Waals surface area (Å²) in [5, 5.41) is 13.6. The number of halogens is 3. The molecule has 0 bridgehead atoms. The first-order valence-electron chi connectivity index (χ1n) is 4.98. The summed E-state index contributed by atoms with van der Waals surface area (Å²) in [4.78, 5) is 11.0. The van der Waals surface area contributed by atoms with Crippen molar-refractivity contribution < 1.29 is 23.1 Å². The lowest BCUT2D eigenvalue weighted by atomic mass is 10.3. The topological polar surface area (TPSA) is 61.4 Å². The van der Waals surface area contributed by atoms with Crippen molar-refractivity contribution in [1.29, 1.82) is 0 Å². The van der Waals surface area contributed by atoms with Crippen LogP contribution in [0.2, 0.25) is 0 Å². The predicted octanol–water partition coefficient (Wildman–Crippen LogP) is 0.414. The number of nitrogens with one attached hydrogen (secondary N) is 2. The van der Waals surface area contributed by atoms with Crippen LogP contribution in [0.4, 0.5) is 13.2 Å². The second-order valence-corrected chi connectivity index (χ2v) is 3.72. The Balaban J connectivity index is 3.66. The highest BCUT2D eigenvalue weighted by Gasteiger charge is 2.38. The number of hydrogen-bond acceptors (Lipinski definition) is 3. The summed E-state index contributed by atoms with van der Waals surface area (Å²) in [7, 11) is 0. The molecule has 0 radical (unpaired) electrons. The van der Waals surface area contributed by atoms with Gasteiger partial charge in [-0.2, -0.15) is 13.2 Å². The average Bonchev–Trinajstić information content (AvgIpc) is 2.11. The minimum Gasteiger partial charge on any atom is -0.382 e. The Hall–Kier alpha value is -0.820. The molecule has 3 N–H and O–H groups in total. The number of carbonyl (C=O) groups is 1. The largest absolute Gasteiger partial charge is 0.416 e. The normalized spacial score (nSPS) is 13.9. The number of aliphatic hydroxyl groups is 1. The number of alkyl halides is 3. The molecular formula is C9H17F3N2O2. The monoisotopic (exact) mass is 242 g/mol. The molecule has 96 valence electrons. The molecule has 0 rings (SSSR count). The van der Waals surface area contributed by atoms with Gasteiger partial charge < -0.3 is 15.7 Å². The lowest BCUT2D eigenvalue weighted by Crippen LogP contribution is -2.41. The van der Waals surface area contributed by atoms with Gasteiger partial charge in [-0.05, 0) is 0 Å². The minimum absolute atomic E-state index is 0.0861. The molecule has 0 aromatic carbocycles. The van der Waals surface area contributed by atoms with E-state index in [9.17, 15) is 18.0 Å². The zero-order valence-electron chi connectivity index (χ0n) is 9.27. The summed E-state index contributed by atoms with van der Waals surface area (Å²) in [6.07, 6.45) is -7.11. The van der Waals surface area contributed by atoms with E-state index in [1.54, 1.807) is 0 Å². The molecule has 0 aliphatic carbocycles. The van der Waals surface area contributed by atoms with Gasteiger partial charge in [0.05, 0.1) is 6.54 Å². The molecule has 0 fully saturated rings. The molecule has 0 aromatic rings. The molecule has 4 nitrogen and oxygen atoms in total. The van der Waals surface area contributed by atoms with Crippen LogP contribution in [-0.4, -0.2) is 42.4 Å². The quantitative estimate of drug-likeness (QED) is 0.632. The lowest BCUT2D eigenvalue weighted by Gasteiger charge is -2.15. The number of rotatable bonds is 6. The highest BCUT2D eigenvalue weighted by molar-refractivity contribution is 5.76. The maximum Gasteiger partial charge on any atom is 0.416 e. The van der Waals surface area contributed by atoms with Crippen molar-refractivity contribution in [3.8, 4) is 0 Å². The van der Waals surface area contributed by atoms with E-state index in [2.05, 4.69) is 5.32 Å². The number of carbonyl (C=O) groups excluding carboxylic acids is 1. The summed E-state index contributed by atoms with van der Waals surface area (Å²) in [6.45, 7) is 3.38. The summed E-state index contributed by atoms with van der Waals surface area (Å²) < 4.78 is 35.5. The maximum absolute atomic E-state index is 11.8. The average molecular weight is 242 g/mol. The van der Waals surface area contributed by atoms with Crippen LogP contribution in [0.15, 0.2) is 0 Å². The van der Waals surface area contributed by atoms with Gasteiger partial charge in [-0.25, -0.2) is 0 Å². The maximum atomic E-state index is 11.8. The molecule has 16 heavy (non-hydrogen) atoms. The van der Waals surface area contributed by atoms with Crippen molar-refractivity contribution in [2.24, 2.45) is 0 Å². The third kappa shape index (κ3) is 7.47. The summed E-state index contributed by atoms with van der Waals surface area (Å²) in [6, 6.07) is 0.216. The van der Waals surface area contributed by atoms with E-state index in [0.717, 1.165) is 0 Å². The van der Waals surface area contributed by atoms with Crippen LogP contribution in [0.5, 0.6) is 0 Å². The van der Waals surface area contributed by atoms with Crippen molar-refractivity contribution in [1.82, 2.24) is 10.6 Å². The molecule has 0 aliphatic rings. The summed E-state index contributed by atoms with van der Waals surface area (Å²) >= 11 is 0. The summed E-state index contributed by atoms with van der Waals surface area (Å²) in [5.74, 6) is -0.517. The Morgan fingerprint density at radius 1 is 1.38 bits per heavy atom. The molecule has 7 heteroatoms. The van der Waals surface area contributed by atoms with Gasteiger partial charge in [0.2, 0.25) is 5.91 Å². The zero-order valence-corrected chi connectivity index (χ0v) is 9.27. The van der Waals surface area contributed by atoms with Crippen molar-refractivity contribution >= 4 is 5.91 Å². The lowest BCUT2D eigenvalue weighted by molar-refractivity contribution is -0.201. The van der Waals surface area contributed by atoms with Crippen LogP contribution in [0.25, 0.3) is 0 Å². The molecule has 1 amide bonds. The van der Waals surface area contributed by atoms with Crippen LogP contribution in [0.3, 0.4) is 0 Å². The standard InChI is InChI=1S/C9H17F3N2O2/c1-6(2)13-4-3-8(16)14-5-7(15)9(10,11)12/h6-7,13,15H,3-5H2,1-2H3,(H,14,16). The van der Waals surface area contributed by atoms with Gasteiger partial charge in [0.25, 0.3) is 0 Å². The fraction of sp³-hybridized carbons (Fsp3) is 0.889. The van der Waals surface area contributed by atoms with Gasteiger partial charge in [-0.3, -0.25) is 4.79 Å². The van der Waals surface area contributed by atoms with Crippen LogP contribution in [-0.2, 0) is 4.79 Å². The van der Waals surface area contributed by atoms with E-state index >= 15 is 0 Å². The van der Waals surface area contributed by atoms with Gasteiger partial charge in [-0.1, -0.05) is 13.8 Å². The van der Waals surface area contributed by atoms with Crippen molar-refractivity contribution in [3.05, 3.63) is 0 Å². The van der Waals surface area contributed by atoms with E-state index in [1.807, 2.05) is 19.2 Å². The fourth-order valence-electron chi connectivity index (χ4n) is 0.889. The van der Waals surface area contributed by atoms with Crippen LogP contribution in [0.1, 0.15) is 20.3 Å². The van der Waals surface area contributed by atoms with Crippen LogP contribution >= 0.6 is 0 Å². The Labute approximate surface area is 92.2 Å². The second kappa shape index (κ2) is 6.70. The zero-order chi connectivity index (χ0) is 12.8. The molecular weight excluding hydrogens is 225 g/mol. The first-order valence-corrected chi connectivity index (χ1v) is 4.98. The highest BCUT2D eigenvalue weighted by atomic mass is 19.4. The van der Waals surface area contributed by atoms with Crippen molar-refractivity contribution in [2.75, 3.05) is 13.1 Å². The first kappa shape index (κ1) is 15.2. The first-order chi connectivity index (χ1) is 7.23. The molecule has 1 atom stereocenters. The minimum atomic E-state index is -4.69. The van der Waals surface area contributed by atoms with E-state index in [0.29, 0.717) is 6.54 Å². The third-order valence-electron chi connectivity index (χ3n) is 1.78. The van der Waals surface area contributed by atoms with Gasteiger partial charge in [-0.15, -0.1) is 0 Å². The number of hydrogen-bond donors (Lipinski definition) is 3. The van der Waals surface area contributed by atoms with Gasteiger partial charge >= 0.3 is 6.18 Å².